The number of hydrogen-bond donors (Lipinski definition) is 2. The third kappa shape index (κ3) is 3.12. The zero-order chi connectivity index (χ0) is 15.0. The molecule has 1 atom stereocenters. The molecular formula is C12H22N6S2. The van der Waals surface area contributed by atoms with Gasteiger partial charge < -0.3 is 35.3 Å². The molecular weight excluding hydrogens is 292 g/mol. The molecule has 2 rings (SSSR count). The summed E-state index contributed by atoms with van der Waals surface area (Å²) in [5.41, 5.74) is -0.938. The number of azo groups is 1. The van der Waals surface area contributed by atoms with Crippen LogP contribution in [0, 0.1) is 0 Å². The van der Waals surface area contributed by atoms with E-state index in [0.717, 1.165) is 42.2 Å². The van der Waals surface area contributed by atoms with Gasteiger partial charge in [-0.25, -0.2) is 0 Å². The Morgan fingerprint density at radius 1 is 1.25 bits per heavy atom. The second kappa shape index (κ2) is 5.57. The fraction of sp³-hybridized carbons (Fsp3) is 0.833. The summed E-state index contributed by atoms with van der Waals surface area (Å²) in [7, 11) is 0. The van der Waals surface area contributed by atoms with Crippen molar-refractivity contribution >= 4 is 37.3 Å². The Balaban J connectivity index is 2.19. The third-order valence-corrected chi connectivity index (χ3v) is 4.20. The molecule has 0 bridgehead atoms. The predicted molar refractivity (Wildman–Crippen MR) is 84.0 cm³/mol. The minimum Gasteiger partial charge on any atom is -0.484 e. The van der Waals surface area contributed by atoms with Crippen LogP contribution in [-0.4, -0.2) is 52.9 Å². The second-order valence-electron chi connectivity index (χ2n) is 6.10. The average Bonchev–Trinajstić information content (AvgIpc) is 2.98. The number of amidine groups is 2. The number of nitrogens with zero attached hydrogens (tertiary/aromatic N) is 4. The summed E-state index contributed by atoms with van der Waals surface area (Å²) in [5, 5.41) is 12.3. The lowest BCUT2D eigenvalue weighted by molar-refractivity contribution is -0.643. The van der Waals surface area contributed by atoms with E-state index in [-0.39, 0.29) is 0 Å². The summed E-state index contributed by atoms with van der Waals surface area (Å²) in [6.07, 6.45) is 0. The zero-order valence-corrected chi connectivity index (χ0v) is 14.1. The number of quaternary nitrogens is 1. The summed E-state index contributed by atoms with van der Waals surface area (Å²) in [6, 6.07) is 0. The number of rotatable bonds is 4. The average molecular weight is 314 g/mol. The highest BCUT2D eigenvalue weighted by atomic mass is 32.1. The highest BCUT2D eigenvalue weighted by Gasteiger charge is 2.41. The molecule has 0 saturated heterocycles. The van der Waals surface area contributed by atoms with E-state index in [9.17, 15) is 0 Å². The Labute approximate surface area is 131 Å². The van der Waals surface area contributed by atoms with Gasteiger partial charge in [-0.15, -0.1) is 0 Å². The standard InChI is InChI=1S/C12H22N6S2/c1-11(2,9-13-5-6-14-9)15-16-12(3,4)10-17(19)7-8-18(10)20/h17H,5-8H2,1-4H3,(H,13,14). The van der Waals surface area contributed by atoms with Gasteiger partial charge in [-0.2, -0.15) is 10.2 Å². The van der Waals surface area contributed by atoms with Crippen LogP contribution in [0.2, 0.25) is 0 Å². The number of hydrogen-bond acceptors (Lipinski definition) is 6. The van der Waals surface area contributed by atoms with E-state index in [1.807, 2.05) is 27.7 Å². The van der Waals surface area contributed by atoms with Gasteiger partial charge in [0, 0.05) is 6.54 Å². The molecule has 8 heteroatoms. The zero-order valence-electron chi connectivity index (χ0n) is 12.4. The van der Waals surface area contributed by atoms with Crippen LogP contribution in [0.1, 0.15) is 27.7 Å². The van der Waals surface area contributed by atoms with Gasteiger partial charge in [0.1, 0.15) is 17.9 Å². The summed E-state index contributed by atoms with van der Waals surface area (Å²) in [6.45, 7) is 11.3. The molecule has 0 saturated carbocycles. The van der Waals surface area contributed by atoms with E-state index in [2.05, 4.69) is 20.5 Å². The molecule has 2 aliphatic rings. The molecule has 2 N–H and O–H groups in total. The molecule has 112 valence electrons. The van der Waals surface area contributed by atoms with Crippen LogP contribution < -0.4 is 9.62 Å². The van der Waals surface area contributed by atoms with Crippen LogP contribution in [0.25, 0.3) is 0 Å². The van der Waals surface area contributed by atoms with Crippen molar-refractivity contribution in [3.63, 3.8) is 0 Å². The molecule has 20 heavy (non-hydrogen) atoms. The first-order chi connectivity index (χ1) is 9.24. The minimum atomic E-state index is -0.494. The normalized spacial score (nSPS) is 24.4. The highest BCUT2D eigenvalue weighted by Crippen LogP contribution is 2.18. The van der Waals surface area contributed by atoms with Crippen molar-refractivity contribution in [3.8, 4) is 0 Å². The van der Waals surface area contributed by atoms with Gasteiger partial charge in [0.2, 0.25) is 5.54 Å². The maximum absolute atomic E-state index is 5.40. The molecule has 0 aromatic heterocycles. The Bertz CT molecular complexity index is 480. The van der Waals surface area contributed by atoms with Crippen molar-refractivity contribution in [3.05, 3.63) is 0 Å². The quantitative estimate of drug-likeness (QED) is 0.407. The van der Waals surface area contributed by atoms with Gasteiger partial charge in [0.05, 0.1) is 6.54 Å². The van der Waals surface area contributed by atoms with Crippen molar-refractivity contribution in [2.24, 2.45) is 15.2 Å². The van der Waals surface area contributed by atoms with Gasteiger partial charge in [0.15, 0.2) is 6.54 Å². The van der Waals surface area contributed by atoms with E-state index in [1.54, 1.807) is 3.98 Å². The Morgan fingerprint density at radius 3 is 2.40 bits per heavy atom. The van der Waals surface area contributed by atoms with Gasteiger partial charge in [-0.05, 0) is 27.7 Å². The predicted octanol–water partition coefficient (Wildman–Crippen LogP) is -0.769. The fourth-order valence-electron chi connectivity index (χ4n) is 2.37. The second-order valence-corrected chi connectivity index (χ2v) is 7.03. The Kier molecular flexibility index (Phi) is 4.36. The molecule has 0 fully saturated rings. The van der Waals surface area contributed by atoms with E-state index >= 15 is 0 Å². The van der Waals surface area contributed by atoms with Crippen molar-refractivity contribution in [1.29, 1.82) is 0 Å². The van der Waals surface area contributed by atoms with E-state index < -0.39 is 11.1 Å². The lowest BCUT2D eigenvalue weighted by atomic mass is 10.0. The molecule has 0 aromatic carbocycles. The van der Waals surface area contributed by atoms with Crippen molar-refractivity contribution in [1.82, 2.24) is 5.32 Å². The molecule has 1 unspecified atom stereocenters. The van der Waals surface area contributed by atoms with Crippen molar-refractivity contribution in [2.75, 3.05) is 26.2 Å². The van der Waals surface area contributed by atoms with Crippen LogP contribution in [0.3, 0.4) is 0 Å². The Hall–Kier alpha value is -0.730. The first-order valence-corrected chi connectivity index (χ1v) is 7.59. The molecule has 0 aromatic rings. The summed E-state index contributed by atoms with van der Waals surface area (Å²) in [5.74, 6) is 1.83. The third-order valence-electron chi connectivity index (χ3n) is 3.44. The van der Waals surface area contributed by atoms with Gasteiger partial charge in [0.25, 0.3) is 0 Å². The molecule has 6 nitrogen and oxygen atoms in total. The molecule has 0 aliphatic carbocycles. The Morgan fingerprint density at radius 2 is 1.90 bits per heavy atom. The lowest BCUT2D eigenvalue weighted by Gasteiger charge is -2.25. The van der Waals surface area contributed by atoms with Crippen LogP contribution in [-0.2, 0) is 25.6 Å². The first kappa shape index (κ1) is 15.7. The van der Waals surface area contributed by atoms with Crippen LogP contribution >= 0.6 is 0 Å². The molecule has 0 amide bonds. The number of nitrogens with one attached hydrogen (secondary N) is 2. The summed E-state index contributed by atoms with van der Waals surface area (Å²) >= 11 is 10.7. The van der Waals surface area contributed by atoms with E-state index in [4.69, 9.17) is 25.6 Å². The molecule has 2 heterocycles. The largest absolute Gasteiger partial charge is 0.484 e. The highest BCUT2D eigenvalue weighted by molar-refractivity contribution is 7.52. The van der Waals surface area contributed by atoms with E-state index in [1.165, 1.54) is 0 Å². The van der Waals surface area contributed by atoms with E-state index in [0.29, 0.717) is 0 Å². The van der Waals surface area contributed by atoms with Crippen LogP contribution in [0.5, 0.6) is 0 Å². The van der Waals surface area contributed by atoms with Crippen molar-refractivity contribution in [2.45, 2.75) is 38.8 Å². The first-order valence-electron chi connectivity index (χ1n) is 6.82. The number of aliphatic imine (C=N–C) groups is 1. The lowest BCUT2D eigenvalue weighted by Crippen LogP contribution is -3.11. The van der Waals surface area contributed by atoms with Crippen LogP contribution in [0.15, 0.2) is 15.2 Å². The SMILES string of the molecule is CC(C)(N=NC(C)(C)C1=[N+]([S-])CC[NH+]1[S-])C1=NCCN1. The molecule has 0 spiro atoms. The topological polar surface area (TPSA) is 56.6 Å². The maximum atomic E-state index is 5.40. The van der Waals surface area contributed by atoms with Crippen molar-refractivity contribution < 1.29 is 8.29 Å². The molecule has 2 aliphatic heterocycles. The van der Waals surface area contributed by atoms with Gasteiger partial charge in [-0.3, -0.25) is 8.97 Å². The monoisotopic (exact) mass is 314 g/mol. The summed E-state index contributed by atoms with van der Waals surface area (Å²) < 4.78 is 2.68. The van der Waals surface area contributed by atoms with Crippen LogP contribution in [0.4, 0.5) is 0 Å². The smallest absolute Gasteiger partial charge is 0.333 e. The molecule has 0 radical (unpaired) electrons. The summed E-state index contributed by atoms with van der Waals surface area (Å²) in [4.78, 5) is 4.42. The fourth-order valence-corrected chi connectivity index (χ4v) is 3.31. The van der Waals surface area contributed by atoms with Gasteiger partial charge in [-0.1, -0.05) is 0 Å². The minimum absolute atomic E-state index is 0.444. The van der Waals surface area contributed by atoms with Gasteiger partial charge >= 0.3 is 5.84 Å². The maximum Gasteiger partial charge on any atom is 0.333 e.